The molecule has 2 atom stereocenters. The summed E-state index contributed by atoms with van der Waals surface area (Å²) in [5.41, 5.74) is 12.6. The molecule has 0 spiro atoms. The van der Waals surface area contributed by atoms with Crippen LogP contribution in [0.2, 0.25) is 0 Å². The number of benzene rings is 3. The zero-order chi connectivity index (χ0) is 29.8. The molecule has 0 amide bonds. The number of fused-ring (bicyclic) bond motifs is 1. The third-order valence-electron chi connectivity index (χ3n) is 7.45. The third kappa shape index (κ3) is 7.94. The van der Waals surface area contributed by atoms with Gasteiger partial charge >= 0.3 is 0 Å². The Bertz CT molecular complexity index is 1420. The first-order chi connectivity index (χ1) is 19.7. The minimum atomic E-state index is -0.440. The number of aliphatic imine (C=N–C) groups is 1. The van der Waals surface area contributed by atoms with E-state index in [-0.39, 0.29) is 11.9 Å². The van der Waals surface area contributed by atoms with E-state index < -0.39 is 5.41 Å². The maximum absolute atomic E-state index is 11.8. The average molecular weight is 549 g/mol. The van der Waals surface area contributed by atoms with Gasteiger partial charge in [0.05, 0.1) is 22.9 Å². The van der Waals surface area contributed by atoms with Crippen LogP contribution < -0.4 is 5.73 Å². The lowest BCUT2D eigenvalue weighted by Crippen LogP contribution is -2.38. The third-order valence-corrected chi connectivity index (χ3v) is 7.45. The molecule has 0 saturated carbocycles. The molecular weight excluding hydrogens is 504 g/mol. The lowest BCUT2D eigenvalue weighted by molar-refractivity contribution is -0.112. The molecule has 0 bridgehead atoms. The smallest absolute Gasteiger partial charge is 0.155 e. The van der Waals surface area contributed by atoms with E-state index in [9.17, 15) is 4.79 Å². The van der Waals surface area contributed by atoms with Crippen LogP contribution in [0.15, 0.2) is 114 Å². The van der Waals surface area contributed by atoms with Crippen molar-refractivity contribution in [2.45, 2.75) is 72.3 Å². The van der Waals surface area contributed by atoms with Crippen molar-refractivity contribution in [1.29, 1.82) is 0 Å². The Morgan fingerprint density at radius 3 is 2.00 bits per heavy atom. The van der Waals surface area contributed by atoms with Gasteiger partial charge in [0.25, 0.3) is 0 Å². The molecule has 41 heavy (non-hydrogen) atoms. The predicted molar refractivity (Wildman–Crippen MR) is 174 cm³/mol. The summed E-state index contributed by atoms with van der Waals surface area (Å²) in [6.45, 7) is 12.1. The van der Waals surface area contributed by atoms with E-state index >= 15 is 0 Å². The van der Waals surface area contributed by atoms with Crippen molar-refractivity contribution in [1.82, 2.24) is 0 Å². The fourth-order valence-electron chi connectivity index (χ4n) is 4.77. The van der Waals surface area contributed by atoms with Gasteiger partial charge in [-0.25, -0.2) is 4.99 Å². The number of ketones is 1. The van der Waals surface area contributed by atoms with Gasteiger partial charge in [-0.3, -0.25) is 4.79 Å². The van der Waals surface area contributed by atoms with Crippen molar-refractivity contribution in [3.63, 3.8) is 0 Å². The number of hydrogen-bond donors (Lipinski definition) is 1. The van der Waals surface area contributed by atoms with Crippen molar-refractivity contribution in [2.75, 3.05) is 0 Å². The Labute approximate surface area is 246 Å². The zero-order valence-corrected chi connectivity index (χ0v) is 25.4. The lowest BCUT2D eigenvalue weighted by Gasteiger charge is -2.38. The van der Waals surface area contributed by atoms with Gasteiger partial charge in [0, 0.05) is 28.2 Å². The van der Waals surface area contributed by atoms with Gasteiger partial charge in [-0.2, -0.15) is 0 Å². The van der Waals surface area contributed by atoms with Crippen LogP contribution in [0.5, 0.6) is 0 Å². The second kappa shape index (κ2) is 15.0. The normalized spacial score (nSPS) is 22.7. The Balaban J connectivity index is 0.00000108. The van der Waals surface area contributed by atoms with E-state index in [0.29, 0.717) is 11.5 Å². The molecule has 1 aliphatic heterocycles. The largest absolute Gasteiger partial charge is 0.490 e. The van der Waals surface area contributed by atoms with E-state index in [4.69, 9.17) is 15.5 Å². The molecule has 0 aliphatic carbocycles. The van der Waals surface area contributed by atoms with Crippen LogP contribution in [-0.4, -0.2) is 17.6 Å². The highest BCUT2D eigenvalue weighted by Crippen LogP contribution is 2.40. The number of allylic oxidation sites excluding steroid dienone is 3. The van der Waals surface area contributed by atoms with Gasteiger partial charge in [-0.15, -0.1) is 0 Å². The second-order valence-corrected chi connectivity index (χ2v) is 10.6. The van der Waals surface area contributed by atoms with Crippen molar-refractivity contribution in [2.24, 2.45) is 10.7 Å². The number of ether oxygens (including phenoxy) is 1. The standard InChI is InChI=1S/C33H34N2O2.C4H10/c1-5-33(4)28-19-13-12-18-27(28)31(34)32(26-16-10-7-11-17-26)35-29(25-14-8-6-9-15-25)20-21-30(33)37-24(3)22-23(2)36;1-3-4-2/h6-22,30H,5,34H2,1-4H3;3-4H2,1-2H3/b21-20+,24-22-,32-31-,35-29-;. The molecule has 3 aromatic rings. The summed E-state index contributed by atoms with van der Waals surface area (Å²) < 4.78 is 6.47. The van der Waals surface area contributed by atoms with Crippen LogP contribution >= 0.6 is 0 Å². The highest BCUT2D eigenvalue weighted by Gasteiger charge is 2.37. The van der Waals surface area contributed by atoms with Crippen molar-refractivity contribution in [3.05, 3.63) is 131 Å². The van der Waals surface area contributed by atoms with E-state index in [2.05, 4.69) is 45.9 Å². The molecule has 0 saturated heterocycles. The Hall–Kier alpha value is -4.18. The predicted octanol–water partition coefficient (Wildman–Crippen LogP) is 8.88. The molecule has 1 heterocycles. The lowest BCUT2D eigenvalue weighted by atomic mass is 9.72. The minimum Gasteiger partial charge on any atom is -0.490 e. The quantitative estimate of drug-likeness (QED) is 0.237. The summed E-state index contributed by atoms with van der Waals surface area (Å²) in [5.74, 6) is 0.522. The minimum absolute atomic E-state index is 0.0498. The molecule has 2 unspecified atom stereocenters. The van der Waals surface area contributed by atoms with Gasteiger partial charge < -0.3 is 10.5 Å². The first kappa shape index (κ1) is 31.3. The molecule has 3 aromatic carbocycles. The molecule has 4 nitrogen and oxygen atoms in total. The van der Waals surface area contributed by atoms with Crippen LogP contribution in [0.4, 0.5) is 0 Å². The number of nitrogens with zero attached hydrogens (tertiary/aromatic N) is 1. The van der Waals surface area contributed by atoms with E-state index in [1.807, 2.05) is 85.8 Å². The molecule has 4 rings (SSSR count). The number of rotatable bonds is 7. The van der Waals surface area contributed by atoms with Crippen LogP contribution in [0.25, 0.3) is 11.4 Å². The molecule has 4 heteroatoms. The summed E-state index contributed by atoms with van der Waals surface area (Å²) in [6.07, 6.45) is 8.67. The molecule has 2 N–H and O–H groups in total. The zero-order valence-electron chi connectivity index (χ0n) is 25.4. The summed E-state index contributed by atoms with van der Waals surface area (Å²) in [6, 6.07) is 28.3. The monoisotopic (exact) mass is 548 g/mol. The molecule has 1 aliphatic rings. The first-order valence-corrected chi connectivity index (χ1v) is 14.6. The second-order valence-electron chi connectivity index (χ2n) is 10.6. The average Bonchev–Trinajstić information content (AvgIpc) is 3.00. The first-order valence-electron chi connectivity index (χ1n) is 14.6. The van der Waals surface area contributed by atoms with Gasteiger partial charge in [-0.1, -0.05) is 125 Å². The summed E-state index contributed by atoms with van der Waals surface area (Å²) in [5, 5.41) is 0. The van der Waals surface area contributed by atoms with E-state index in [1.165, 1.54) is 25.8 Å². The maximum atomic E-state index is 11.8. The summed E-state index contributed by atoms with van der Waals surface area (Å²) >= 11 is 0. The fraction of sp³-hybridized carbons (Fsp3) is 0.297. The van der Waals surface area contributed by atoms with Crippen LogP contribution in [0.3, 0.4) is 0 Å². The Morgan fingerprint density at radius 1 is 0.878 bits per heavy atom. The number of unbranched alkanes of at least 4 members (excludes halogenated alkanes) is 1. The number of hydrogen-bond acceptors (Lipinski definition) is 4. The van der Waals surface area contributed by atoms with Crippen molar-refractivity contribution < 1.29 is 9.53 Å². The number of carbonyl (C=O) groups excluding carboxylic acids is 1. The summed E-state index contributed by atoms with van der Waals surface area (Å²) in [7, 11) is 0. The van der Waals surface area contributed by atoms with Gasteiger partial charge in [0.15, 0.2) is 5.78 Å². The SMILES string of the molecule is CCC1(C)c2ccccc2/C(N)=C(c2ccccc2)/N=C(c2ccccc2)/C=C/C1O/C(C)=C\C(C)=O.CCCC. The van der Waals surface area contributed by atoms with E-state index in [0.717, 1.165) is 40.1 Å². The number of nitrogens with two attached hydrogens (primary N) is 1. The Kier molecular flexibility index (Phi) is 11.5. The van der Waals surface area contributed by atoms with Gasteiger partial charge in [0.2, 0.25) is 0 Å². The fourth-order valence-corrected chi connectivity index (χ4v) is 4.77. The highest BCUT2D eigenvalue weighted by atomic mass is 16.5. The summed E-state index contributed by atoms with van der Waals surface area (Å²) in [4.78, 5) is 16.9. The molecule has 214 valence electrons. The topological polar surface area (TPSA) is 64.7 Å². The van der Waals surface area contributed by atoms with Crippen molar-refractivity contribution >= 4 is 22.9 Å². The van der Waals surface area contributed by atoms with Crippen molar-refractivity contribution in [3.8, 4) is 0 Å². The highest BCUT2D eigenvalue weighted by molar-refractivity contribution is 6.12. The molecular formula is C37H44N2O2. The van der Waals surface area contributed by atoms with Crippen LogP contribution in [0.1, 0.15) is 83.1 Å². The molecule has 0 fully saturated rings. The van der Waals surface area contributed by atoms with Crippen LogP contribution in [0, 0.1) is 0 Å². The number of carbonyl (C=O) groups is 1. The van der Waals surface area contributed by atoms with E-state index in [1.54, 1.807) is 0 Å². The Morgan fingerprint density at radius 2 is 1.44 bits per heavy atom. The van der Waals surface area contributed by atoms with Gasteiger partial charge in [0.1, 0.15) is 6.10 Å². The molecule has 0 aromatic heterocycles. The maximum Gasteiger partial charge on any atom is 0.155 e. The molecule has 0 radical (unpaired) electrons. The van der Waals surface area contributed by atoms with Gasteiger partial charge in [-0.05, 0) is 38.0 Å². The van der Waals surface area contributed by atoms with Crippen LogP contribution in [-0.2, 0) is 14.9 Å².